The minimum Gasteiger partial charge on any atom is -0.380 e. The van der Waals surface area contributed by atoms with Crippen molar-refractivity contribution < 1.29 is 9.13 Å². The van der Waals surface area contributed by atoms with Crippen LogP contribution in [-0.4, -0.2) is 26.3 Å². The fourth-order valence-corrected chi connectivity index (χ4v) is 3.88. The molecule has 1 aliphatic rings. The minimum atomic E-state index is -0.213. The van der Waals surface area contributed by atoms with E-state index in [1.54, 1.807) is 0 Å². The van der Waals surface area contributed by atoms with E-state index in [-0.39, 0.29) is 18.0 Å². The van der Waals surface area contributed by atoms with Crippen molar-refractivity contribution in [2.45, 2.75) is 50.7 Å². The first-order chi connectivity index (χ1) is 10.2. The van der Waals surface area contributed by atoms with E-state index in [1.807, 2.05) is 26.3 Å². The Morgan fingerprint density at radius 2 is 2.05 bits per heavy atom. The molecule has 0 spiro atoms. The van der Waals surface area contributed by atoms with E-state index < -0.39 is 0 Å². The highest BCUT2D eigenvalue weighted by Crippen LogP contribution is 2.30. The van der Waals surface area contributed by atoms with Gasteiger partial charge in [-0.25, -0.2) is 4.39 Å². The van der Waals surface area contributed by atoms with Crippen LogP contribution in [0.2, 0.25) is 0 Å². The summed E-state index contributed by atoms with van der Waals surface area (Å²) >= 11 is 3.26. The number of rotatable bonds is 6. The Balaban J connectivity index is 2.07. The van der Waals surface area contributed by atoms with Gasteiger partial charge in [0.25, 0.3) is 0 Å². The molecule has 0 saturated heterocycles. The predicted molar refractivity (Wildman–Crippen MR) is 88.0 cm³/mol. The molecule has 2 nitrogen and oxygen atoms in total. The van der Waals surface area contributed by atoms with Crippen molar-refractivity contribution in [3.63, 3.8) is 0 Å². The van der Waals surface area contributed by atoms with Crippen LogP contribution in [0.25, 0.3) is 0 Å². The van der Waals surface area contributed by atoms with Gasteiger partial charge in [-0.1, -0.05) is 25.3 Å². The van der Waals surface area contributed by atoms with E-state index in [4.69, 9.17) is 4.74 Å². The van der Waals surface area contributed by atoms with E-state index in [9.17, 15) is 4.39 Å². The molecule has 2 rings (SSSR count). The maximum Gasteiger partial charge on any atom is 0.137 e. The molecule has 1 aromatic rings. The van der Waals surface area contributed by atoms with E-state index in [0.29, 0.717) is 10.4 Å². The number of methoxy groups -OCH3 is 1. The molecule has 2 atom stereocenters. The van der Waals surface area contributed by atoms with Gasteiger partial charge in [-0.3, -0.25) is 0 Å². The van der Waals surface area contributed by atoms with Gasteiger partial charge < -0.3 is 10.1 Å². The molecule has 1 N–H and O–H groups in total. The minimum absolute atomic E-state index is 0.213. The van der Waals surface area contributed by atoms with Gasteiger partial charge in [0.05, 0.1) is 10.6 Å². The SMILES string of the molecule is CNC(Cc1ccc(F)c(Br)c1)C(OC)C1CCCCC1. The number of ether oxygens (including phenoxy) is 1. The third kappa shape index (κ3) is 4.51. The summed E-state index contributed by atoms with van der Waals surface area (Å²) in [6.07, 6.45) is 7.55. The fraction of sp³-hybridized carbons (Fsp3) is 0.647. The van der Waals surface area contributed by atoms with Gasteiger partial charge in [0, 0.05) is 13.2 Å². The topological polar surface area (TPSA) is 21.3 Å². The Labute approximate surface area is 135 Å². The lowest BCUT2D eigenvalue weighted by atomic mass is 9.81. The van der Waals surface area contributed by atoms with E-state index in [0.717, 1.165) is 12.0 Å². The zero-order valence-corrected chi connectivity index (χ0v) is 14.5. The third-order valence-electron chi connectivity index (χ3n) is 4.59. The average Bonchev–Trinajstić information content (AvgIpc) is 2.51. The monoisotopic (exact) mass is 357 g/mol. The molecule has 0 aliphatic heterocycles. The Kier molecular flexibility index (Phi) is 6.65. The molecule has 118 valence electrons. The van der Waals surface area contributed by atoms with Crippen molar-refractivity contribution >= 4 is 15.9 Å². The zero-order valence-electron chi connectivity index (χ0n) is 12.9. The summed E-state index contributed by atoms with van der Waals surface area (Å²) in [6.45, 7) is 0. The van der Waals surface area contributed by atoms with Crippen LogP contribution in [0.4, 0.5) is 4.39 Å². The van der Waals surface area contributed by atoms with Crippen LogP contribution in [0.15, 0.2) is 22.7 Å². The van der Waals surface area contributed by atoms with Crippen molar-refractivity contribution in [2.24, 2.45) is 5.92 Å². The first-order valence-corrected chi connectivity index (χ1v) is 8.59. The second-order valence-electron chi connectivity index (χ2n) is 5.95. The summed E-state index contributed by atoms with van der Waals surface area (Å²) in [5.74, 6) is 0.417. The average molecular weight is 358 g/mol. The first kappa shape index (κ1) is 16.9. The second kappa shape index (κ2) is 8.25. The van der Waals surface area contributed by atoms with Gasteiger partial charge in [-0.2, -0.15) is 0 Å². The van der Waals surface area contributed by atoms with Gasteiger partial charge in [0.1, 0.15) is 5.82 Å². The molecule has 2 unspecified atom stereocenters. The summed E-state index contributed by atoms with van der Waals surface area (Å²) < 4.78 is 19.7. The lowest BCUT2D eigenvalue weighted by molar-refractivity contribution is 0.0101. The van der Waals surface area contributed by atoms with Crippen molar-refractivity contribution in [2.75, 3.05) is 14.2 Å². The Morgan fingerprint density at radius 1 is 1.33 bits per heavy atom. The van der Waals surface area contributed by atoms with Gasteiger partial charge in [-0.15, -0.1) is 0 Å². The Hall–Kier alpha value is -0.450. The first-order valence-electron chi connectivity index (χ1n) is 7.79. The van der Waals surface area contributed by atoms with E-state index >= 15 is 0 Å². The molecule has 21 heavy (non-hydrogen) atoms. The number of halogens is 2. The summed E-state index contributed by atoms with van der Waals surface area (Å²) in [7, 11) is 3.79. The lowest BCUT2D eigenvalue weighted by Crippen LogP contribution is -2.45. The summed E-state index contributed by atoms with van der Waals surface area (Å²) in [4.78, 5) is 0. The number of hydrogen-bond acceptors (Lipinski definition) is 2. The van der Waals surface area contributed by atoms with E-state index in [2.05, 4.69) is 21.2 Å². The van der Waals surface area contributed by atoms with Gasteiger partial charge in [0.2, 0.25) is 0 Å². The summed E-state index contributed by atoms with van der Waals surface area (Å²) in [5.41, 5.74) is 1.13. The Bertz CT molecular complexity index is 448. The van der Waals surface area contributed by atoms with Crippen molar-refractivity contribution in [1.82, 2.24) is 5.32 Å². The molecule has 0 bridgehead atoms. The molecule has 1 fully saturated rings. The number of likely N-dealkylation sites (N-methyl/N-ethyl adjacent to an activating group) is 1. The molecule has 0 radical (unpaired) electrons. The van der Waals surface area contributed by atoms with Crippen LogP contribution >= 0.6 is 15.9 Å². The zero-order chi connectivity index (χ0) is 15.2. The number of benzene rings is 1. The lowest BCUT2D eigenvalue weighted by Gasteiger charge is -2.35. The molecular formula is C17H25BrFNO. The molecule has 1 saturated carbocycles. The maximum atomic E-state index is 13.3. The van der Waals surface area contributed by atoms with Crippen LogP contribution in [-0.2, 0) is 11.2 Å². The van der Waals surface area contributed by atoms with Gasteiger partial charge in [0.15, 0.2) is 0 Å². The highest BCUT2D eigenvalue weighted by Gasteiger charge is 2.29. The standard InChI is InChI=1S/C17H25BrFNO/c1-20-16(11-12-8-9-15(19)14(18)10-12)17(21-2)13-6-4-3-5-7-13/h8-10,13,16-17,20H,3-7,11H2,1-2H3. The molecule has 0 aromatic heterocycles. The van der Waals surface area contributed by atoms with E-state index in [1.165, 1.54) is 38.2 Å². The van der Waals surface area contributed by atoms with Gasteiger partial charge >= 0.3 is 0 Å². The Morgan fingerprint density at radius 3 is 2.62 bits per heavy atom. The maximum absolute atomic E-state index is 13.3. The number of hydrogen-bond donors (Lipinski definition) is 1. The van der Waals surface area contributed by atoms with Crippen molar-refractivity contribution in [1.29, 1.82) is 0 Å². The summed E-state index contributed by atoms with van der Waals surface area (Å²) in [5, 5.41) is 3.40. The molecule has 0 heterocycles. The molecule has 1 aromatic carbocycles. The van der Waals surface area contributed by atoms with Crippen LogP contribution in [0, 0.1) is 11.7 Å². The third-order valence-corrected chi connectivity index (χ3v) is 5.20. The fourth-order valence-electron chi connectivity index (χ4n) is 3.45. The van der Waals surface area contributed by atoms with Crippen LogP contribution in [0.3, 0.4) is 0 Å². The molecule has 0 amide bonds. The smallest absolute Gasteiger partial charge is 0.137 e. The van der Waals surface area contributed by atoms with Crippen molar-refractivity contribution in [3.05, 3.63) is 34.1 Å². The molecule has 1 aliphatic carbocycles. The normalized spacial score (nSPS) is 19.4. The summed E-state index contributed by atoms with van der Waals surface area (Å²) in [6, 6.07) is 5.51. The predicted octanol–water partition coefficient (Wildman–Crippen LogP) is 4.31. The van der Waals surface area contributed by atoms with Gasteiger partial charge in [-0.05, 0) is 65.9 Å². The van der Waals surface area contributed by atoms with Crippen molar-refractivity contribution in [3.8, 4) is 0 Å². The second-order valence-corrected chi connectivity index (χ2v) is 6.80. The van der Waals surface area contributed by atoms with Crippen LogP contribution in [0.1, 0.15) is 37.7 Å². The largest absolute Gasteiger partial charge is 0.380 e. The highest BCUT2D eigenvalue weighted by molar-refractivity contribution is 9.10. The number of nitrogens with one attached hydrogen (secondary N) is 1. The molecular weight excluding hydrogens is 333 g/mol. The quantitative estimate of drug-likeness (QED) is 0.818. The van der Waals surface area contributed by atoms with Crippen LogP contribution < -0.4 is 5.32 Å². The van der Waals surface area contributed by atoms with Crippen LogP contribution in [0.5, 0.6) is 0 Å². The molecule has 4 heteroatoms. The highest BCUT2D eigenvalue weighted by atomic mass is 79.9.